The van der Waals surface area contributed by atoms with Crippen LogP contribution in [0.1, 0.15) is 33.6 Å². The zero-order valence-electron chi connectivity index (χ0n) is 13.2. The van der Waals surface area contributed by atoms with Crippen LogP contribution >= 0.6 is 0 Å². The number of allylic oxidation sites excluding steroid dienone is 1. The summed E-state index contributed by atoms with van der Waals surface area (Å²) in [6.45, 7) is 6.28. The summed E-state index contributed by atoms with van der Waals surface area (Å²) in [6, 6.07) is 6.96. The molecule has 0 heterocycles. The molecule has 0 aromatic heterocycles. The van der Waals surface area contributed by atoms with Crippen molar-refractivity contribution in [3.8, 4) is 5.75 Å². The number of aliphatic hydroxyl groups is 1. The van der Waals surface area contributed by atoms with E-state index in [1.54, 1.807) is 31.2 Å². The predicted molar refractivity (Wildman–Crippen MR) is 83.3 cm³/mol. The summed E-state index contributed by atoms with van der Waals surface area (Å²) < 4.78 is 10.2. The second kappa shape index (κ2) is 9.55. The van der Waals surface area contributed by atoms with Gasteiger partial charge in [0.05, 0.1) is 18.9 Å². The fourth-order valence-corrected chi connectivity index (χ4v) is 1.65. The van der Waals surface area contributed by atoms with E-state index in [4.69, 9.17) is 9.47 Å². The third-order valence-electron chi connectivity index (χ3n) is 2.64. The predicted octanol–water partition coefficient (Wildman–Crippen LogP) is 4.30. The second-order valence-corrected chi connectivity index (χ2v) is 4.39. The molecule has 1 N–H and O–H groups in total. The van der Waals surface area contributed by atoms with Crippen molar-refractivity contribution >= 4 is 11.7 Å². The number of rotatable bonds is 8. The normalized spacial score (nSPS) is 12.1. The summed E-state index contributed by atoms with van der Waals surface area (Å²) in [5.41, 5.74) is 0.395. The number of hydrogen-bond acceptors (Lipinski definition) is 6. The van der Waals surface area contributed by atoms with Crippen LogP contribution in [0.15, 0.2) is 46.0 Å². The highest BCUT2D eigenvalue weighted by molar-refractivity contribution is 5.88. The standard InChI is InChI=1S/C16H22N2O4/c1-4-7-14(19)15(16(20)22-6-3)18-17-12-8-10-13(11-9-12)21-5-2/h8-11,19H,4-7H2,1-3H3/b15-14+,18-17?. The van der Waals surface area contributed by atoms with Gasteiger partial charge in [0.2, 0.25) is 5.70 Å². The number of azo groups is 1. The molecule has 6 nitrogen and oxygen atoms in total. The number of carbonyl (C=O) groups excluding carboxylic acids is 1. The van der Waals surface area contributed by atoms with Gasteiger partial charge in [-0.1, -0.05) is 6.92 Å². The molecule has 0 amide bonds. The molecule has 120 valence electrons. The lowest BCUT2D eigenvalue weighted by Crippen LogP contribution is -2.08. The summed E-state index contributed by atoms with van der Waals surface area (Å²) in [7, 11) is 0. The van der Waals surface area contributed by atoms with Crippen molar-refractivity contribution in [1.82, 2.24) is 0 Å². The highest BCUT2D eigenvalue weighted by Gasteiger charge is 2.16. The minimum Gasteiger partial charge on any atom is -0.510 e. The van der Waals surface area contributed by atoms with Gasteiger partial charge < -0.3 is 14.6 Å². The number of hydrogen-bond donors (Lipinski definition) is 1. The Kier molecular flexibility index (Phi) is 7.67. The Morgan fingerprint density at radius 1 is 1.14 bits per heavy atom. The number of aliphatic hydroxyl groups excluding tert-OH is 1. The van der Waals surface area contributed by atoms with Gasteiger partial charge >= 0.3 is 5.97 Å². The van der Waals surface area contributed by atoms with Crippen LogP contribution in [-0.2, 0) is 9.53 Å². The molecule has 0 saturated carbocycles. The zero-order chi connectivity index (χ0) is 16.4. The lowest BCUT2D eigenvalue weighted by Gasteiger charge is -2.05. The van der Waals surface area contributed by atoms with Gasteiger partial charge in [-0.05, 0) is 44.5 Å². The highest BCUT2D eigenvalue weighted by Crippen LogP contribution is 2.20. The van der Waals surface area contributed by atoms with E-state index in [-0.39, 0.29) is 18.1 Å². The smallest absolute Gasteiger partial charge is 0.362 e. The molecule has 6 heteroatoms. The van der Waals surface area contributed by atoms with Crippen LogP contribution in [0.5, 0.6) is 5.75 Å². The maximum atomic E-state index is 11.8. The average Bonchev–Trinajstić information content (AvgIpc) is 2.50. The topological polar surface area (TPSA) is 80.5 Å². The van der Waals surface area contributed by atoms with E-state index >= 15 is 0 Å². The first-order valence-electron chi connectivity index (χ1n) is 7.36. The first-order chi connectivity index (χ1) is 10.6. The number of benzene rings is 1. The van der Waals surface area contributed by atoms with Crippen LogP contribution in [0.4, 0.5) is 5.69 Å². The highest BCUT2D eigenvalue weighted by atomic mass is 16.5. The van der Waals surface area contributed by atoms with E-state index in [0.717, 1.165) is 5.75 Å². The molecule has 0 aliphatic carbocycles. The van der Waals surface area contributed by atoms with Crippen LogP contribution in [0.2, 0.25) is 0 Å². The van der Waals surface area contributed by atoms with E-state index in [9.17, 15) is 9.90 Å². The Morgan fingerprint density at radius 2 is 1.82 bits per heavy atom. The minimum absolute atomic E-state index is 0.115. The average molecular weight is 306 g/mol. The summed E-state index contributed by atoms with van der Waals surface area (Å²) in [4.78, 5) is 11.8. The lowest BCUT2D eigenvalue weighted by atomic mass is 10.2. The molecular formula is C16H22N2O4. The zero-order valence-corrected chi connectivity index (χ0v) is 13.2. The molecular weight excluding hydrogens is 284 g/mol. The Morgan fingerprint density at radius 3 is 2.36 bits per heavy atom. The van der Waals surface area contributed by atoms with Crippen molar-refractivity contribution in [3.63, 3.8) is 0 Å². The van der Waals surface area contributed by atoms with Crippen LogP contribution in [0, 0.1) is 0 Å². The van der Waals surface area contributed by atoms with Gasteiger partial charge in [0, 0.05) is 6.42 Å². The van der Waals surface area contributed by atoms with Crippen LogP contribution in [0.3, 0.4) is 0 Å². The fraction of sp³-hybridized carbons (Fsp3) is 0.438. The Labute approximate surface area is 130 Å². The molecule has 1 aromatic rings. The molecule has 0 spiro atoms. The number of nitrogens with zero attached hydrogens (tertiary/aromatic N) is 2. The van der Waals surface area contributed by atoms with E-state index in [1.807, 2.05) is 13.8 Å². The lowest BCUT2D eigenvalue weighted by molar-refractivity contribution is -0.138. The molecule has 1 rings (SSSR count). The van der Waals surface area contributed by atoms with Gasteiger partial charge in [0.25, 0.3) is 0 Å². The van der Waals surface area contributed by atoms with Gasteiger partial charge in [-0.15, -0.1) is 5.11 Å². The summed E-state index contributed by atoms with van der Waals surface area (Å²) in [6.07, 6.45) is 1.03. The fourth-order valence-electron chi connectivity index (χ4n) is 1.65. The van der Waals surface area contributed by atoms with Crippen molar-refractivity contribution in [2.45, 2.75) is 33.6 Å². The van der Waals surface area contributed by atoms with Crippen LogP contribution in [0.25, 0.3) is 0 Å². The van der Waals surface area contributed by atoms with Gasteiger partial charge in [-0.2, -0.15) is 5.11 Å². The molecule has 0 fully saturated rings. The maximum absolute atomic E-state index is 11.8. The van der Waals surface area contributed by atoms with E-state index in [2.05, 4.69) is 10.2 Å². The van der Waals surface area contributed by atoms with E-state index < -0.39 is 5.97 Å². The third-order valence-corrected chi connectivity index (χ3v) is 2.64. The van der Waals surface area contributed by atoms with Gasteiger partial charge in [-0.3, -0.25) is 0 Å². The monoisotopic (exact) mass is 306 g/mol. The number of carbonyl (C=O) groups is 1. The van der Waals surface area contributed by atoms with Crippen LogP contribution in [-0.4, -0.2) is 24.3 Å². The first-order valence-corrected chi connectivity index (χ1v) is 7.36. The van der Waals surface area contributed by atoms with Crippen molar-refractivity contribution < 1.29 is 19.4 Å². The summed E-state index contributed by atoms with van der Waals surface area (Å²) in [5, 5.41) is 17.7. The molecule has 0 saturated heterocycles. The molecule has 0 aliphatic rings. The molecule has 0 aliphatic heterocycles. The van der Waals surface area contributed by atoms with Gasteiger partial charge in [0.1, 0.15) is 11.5 Å². The molecule has 0 atom stereocenters. The Balaban J connectivity index is 2.92. The summed E-state index contributed by atoms with van der Waals surface area (Å²) >= 11 is 0. The van der Waals surface area contributed by atoms with Crippen molar-refractivity contribution in [1.29, 1.82) is 0 Å². The minimum atomic E-state index is -0.678. The molecule has 22 heavy (non-hydrogen) atoms. The number of esters is 1. The largest absolute Gasteiger partial charge is 0.510 e. The van der Waals surface area contributed by atoms with Gasteiger partial charge in [-0.25, -0.2) is 4.79 Å². The van der Waals surface area contributed by atoms with Crippen LogP contribution < -0.4 is 4.74 Å². The quantitative estimate of drug-likeness (QED) is 0.336. The Hall–Kier alpha value is -2.37. The SMILES string of the molecule is CCC/C(O)=C(\N=Nc1ccc(OCC)cc1)C(=O)OCC. The number of ether oxygens (including phenoxy) is 2. The van der Waals surface area contributed by atoms with Crippen molar-refractivity contribution in [2.75, 3.05) is 13.2 Å². The van der Waals surface area contributed by atoms with E-state index in [1.165, 1.54) is 0 Å². The van der Waals surface area contributed by atoms with Crippen molar-refractivity contribution in [2.24, 2.45) is 10.2 Å². The van der Waals surface area contributed by atoms with E-state index in [0.29, 0.717) is 25.1 Å². The first kappa shape index (κ1) is 17.7. The molecule has 0 bridgehead atoms. The molecule has 1 aromatic carbocycles. The Bertz CT molecular complexity index is 536. The second-order valence-electron chi connectivity index (χ2n) is 4.39. The molecule has 0 unspecified atom stereocenters. The molecule has 0 radical (unpaired) electrons. The summed E-state index contributed by atoms with van der Waals surface area (Å²) in [5.74, 6) is -0.0600. The third kappa shape index (κ3) is 5.55. The van der Waals surface area contributed by atoms with Gasteiger partial charge in [0.15, 0.2) is 0 Å². The maximum Gasteiger partial charge on any atom is 0.362 e. The van der Waals surface area contributed by atoms with Crippen molar-refractivity contribution in [3.05, 3.63) is 35.7 Å².